The summed E-state index contributed by atoms with van der Waals surface area (Å²) < 4.78 is 0. The lowest BCUT2D eigenvalue weighted by molar-refractivity contribution is -0.135. The molecule has 2 aromatic carbocycles. The monoisotopic (exact) mass is 473 g/mol. The van der Waals surface area contributed by atoms with Crippen molar-refractivity contribution in [3.05, 3.63) is 70.8 Å². The van der Waals surface area contributed by atoms with Crippen LogP contribution in [0.15, 0.2) is 54.1 Å². The summed E-state index contributed by atoms with van der Waals surface area (Å²) in [5.41, 5.74) is 4.05. The maximum Gasteiger partial charge on any atom is 0.333 e. The Morgan fingerprint density at radius 3 is 1.54 bits per heavy atom. The second kappa shape index (κ2) is 12.2. The Bertz CT molecular complexity index is 1070. The van der Waals surface area contributed by atoms with Crippen LogP contribution >= 0.6 is 0 Å². The normalized spacial score (nSPS) is 14.3. The predicted molar refractivity (Wildman–Crippen MR) is 143 cm³/mol. The lowest BCUT2D eigenvalue weighted by Gasteiger charge is -2.34. The van der Waals surface area contributed by atoms with Crippen molar-refractivity contribution < 1.29 is 14.4 Å². The molecule has 0 aliphatic carbocycles. The highest BCUT2D eigenvalue weighted by Gasteiger charge is 2.41. The van der Waals surface area contributed by atoms with Crippen LogP contribution in [0, 0.1) is 0 Å². The lowest BCUT2D eigenvalue weighted by atomic mass is 10.0. The Balaban J connectivity index is 1.80. The molecule has 0 bridgehead atoms. The van der Waals surface area contributed by atoms with Crippen LogP contribution in [0.2, 0.25) is 0 Å². The zero-order valence-corrected chi connectivity index (χ0v) is 21.2. The average molecular weight is 474 g/mol. The number of benzene rings is 2. The summed E-state index contributed by atoms with van der Waals surface area (Å²) in [4.78, 5) is 43.4. The molecule has 1 aliphatic heterocycles. The van der Waals surface area contributed by atoms with E-state index in [9.17, 15) is 14.4 Å². The molecule has 3 rings (SSSR count). The van der Waals surface area contributed by atoms with Crippen molar-refractivity contribution in [1.82, 2.24) is 9.80 Å². The van der Waals surface area contributed by atoms with Gasteiger partial charge in [-0.3, -0.25) is 19.4 Å². The largest absolute Gasteiger partial charge is 0.378 e. The van der Waals surface area contributed by atoms with E-state index in [0.29, 0.717) is 25.9 Å². The fourth-order valence-electron chi connectivity index (χ4n) is 3.80. The number of barbiturate groups is 1. The van der Waals surface area contributed by atoms with E-state index in [0.717, 1.165) is 35.2 Å². The van der Waals surface area contributed by atoms with Crippen LogP contribution in [0.1, 0.15) is 56.2 Å². The number of carbonyl (C=O) groups is 3. The van der Waals surface area contributed by atoms with Gasteiger partial charge in [-0.15, -0.1) is 0 Å². The van der Waals surface area contributed by atoms with Crippen molar-refractivity contribution in [2.45, 2.75) is 39.5 Å². The molecule has 184 valence electrons. The Kier molecular flexibility index (Phi) is 9.01. The fraction of sp³-hybridized carbons (Fsp3) is 0.345. The van der Waals surface area contributed by atoms with Gasteiger partial charge in [-0.25, -0.2) is 4.79 Å². The van der Waals surface area contributed by atoms with Crippen LogP contribution in [0.4, 0.5) is 10.5 Å². The molecule has 0 aromatic heterocycles. The molecule has 2 aromatic rings. The topological polar surface area (TPSA) is 60.9 Å². The molecule has 4 amide bonds. The van der Waals surface area contributed by atoms with Gasteiger partial charge in [0.15, 0.2) is 0 Å². The van der Waals surface area contributed by atoms with Crippen LogP contribution in [0.5, 0.6) is 0 Å². The minimum absolute atomic E-state index is 0.0427. The summed E-state index contributed by atoms with van der Waals surface area (Å²) in [5.74, 6) is -1.02. The molecule has 6 heteroatoms. The zero-order chi connectivity index (χ0) is 25.4. The van der Waals surface area contributed by atoms with Gasteiger partial charge < -0.3 is 4.90 Å². The highest BCUT2D eigenvalue weighted by atomic mass is 16.2. The summed E-state index contributed by atoms with van der Waals surface area (Å²) >= 11 is 0. The van der Waals surface area contributed by atoms with Gasteiger partial charge in [0.2, 0.25) is 0 Å². The standard InChI is InChI=1S/C29H35N3O3/c1-5-7-19-31-27(33)26(28(34)32(29(31)35)20-8-6-2)21-24-13-11-22(12-14-24)9-10-23-15-17-25(18-16-23)30(3)4/h9-18,21H,5-8,19-20H2,1-4H3/b10-9+. The molecule has 0 saturated carbocycles. The van der Waals surface area contributed by atoms with Crippen molar-refractivity contribution in [2.75, 3.05) is 32.1 Å². The van der Waals surface area contributed by atoms with Gasteiger partial charge in [0.1, 0.15) is 5.57 Å². The van der Waals surface area contributed by atoms with Crippen LogP contribution < -0.4 is 4.90 Å². The Morgan fingerprint density at radius 2 is 1.11 bits per heavy atom. The van der Waals surface area contributed by atoms with E-state index in [1.54, 1.807) is 6.08 Å². The minimum Gasteiger partial charge on any atom is -0.378 e. The number of urea groups is 1. The van der Waals surface area contributed by atoms with Gasteiger partial charge in [0, 0.05) is 32.9 Å². The second-order valence-electron chi connectivity index (χ2n) is 8.95. The molecule has 1 heterocycles. The number of amides is 4. The molecule has 0 atom stereocenters. The predicted octanol–water partition coefficient (Wildman–Crippen LogP) is 5.70. The number of carbonyl (C=O) groups excluding carboxylic acids is 3. The Labute approximate surface area is 208 Å². The SMILES string of the molecule is CCCCN1C(=O)C(=Cc2ccc(/C=C/c3ccc(N(C)C)cc3)cc2)C(=O)N(CCCC)C1=O. The smallest absolute Gasteiger partial charge is 0.333 e. The maximum absolute atomic E-state index is 13.0. The van der Waals surface area contributed by atoms with Crippen LogP contribution in [-0.4, -0.2) is 54.8 Å². The average Bonchev–Trinajstić information content (AvgIpc) is 2.86. The highest BCUT2D eigenvalue weighted by Crippen LogP contribution is 2.22. The highest BCUT2D eigenvalue weighted by molar-refractivity contribution is 6.30. The molecular weight excluding hydrogens is 438 g/mol. The first kappa shape index (κ1) is 25.9. The molecule has 0 N–H and O–H groups in total. The Morgan fingerprint density at radius 1 is 0.686 bits per heavy atom. The lowest BCUT2D eigenvalue weighted by Crippen LogP contribution is -2.56. The fourth-order valence-corrected chi connectivity index (χ4v) is 3.80. The van der Waals surface area contributed by atoms with Crippen LogP contribution in [-0.2, 0) is 9.59 Å². The van der Waals surface area contributed by atoms with Gasteiger partial charge in [0.25, 0.3) is 11.8 Å². The third kappa shape index (κ3) is 6.47. The van der Waals surface area contributed by atoms with E-state index in [2.05, 4.69) is 29.2 Å². The summed E-state index contributed by atoms with van der Waals surface area (Å²) in [7, 11) is 4.03. The summed E-state index contributed by atoms with van der Waals surface area (Å²) in [6, 6.07) is 15.4. The minimum atomic E-state index is -0.508. The van der Waals surface area contributed by atoms with Crippen molar-refractivity contribution in [3.63, 3.8) is 0 Å². The van der Waals surface area contributed by atoms with Gasteiger partial charge >= 0.3 is 6.03 Å². The first-order chi connectivity index (χ1) is 16.8. The van der Waals surface area contributed by atoms with Crippen molar-refractivity contribution in [2.24, 2.45) is 0 Å². The quantitative estimate of drug-likeness (QED) is 0.252. The van der Waals surface area contributed by atoms with Gasteiger partial charge in [-0.1, -0.05) is 75.2 Å². The van der Waals surface area contributed by atoms with E-state index in [1.807, 2.05) is 64.4 Å². The van der Waals surface area contributed by atoms with Crippen molar-refractivity contribution in [1.29, 1.82) is 0 Å². The number of unbranched alkanes of at least 4 members (excludes halogenated alkanes) is 2. The van der Waals surface area contributed by atoms with E-state index in [-0.39, 0.29) is 5.57 Å². The molecule has 6 nitrogen and oxygen atoms in total. The van der Waals surface area contributed by atoms with Gasteiger partial charge in [-0.2, -0.15) is 0 Å². The summed E-state index contributed by atoms with van der Waals surface area (Å²) in [6.07, 6.45) is 8.79. The first-order valence-electron chi connectivity index (χ1n) is 12.3. The molecule has 0 spiro atoms. The number of rotatable bonds is 10. The molecule has 1 saturated heterocycles. The zero-order valence-electron chi connectivity index (χ0n) is 21.2. The third-order valence-corrected chi connectivity index (χ3v) is 6.01. The maximum atomic E-state index is 13.0. The van der Waals surface area contributed by atoms with Gasteiger partial charge in [0.05, 0.1) is 0 Å². The van der Waals surface area contributed by atoms with Crippen molar-refractivity contribution >= 4 is 41.8 Å². The number of nitrogens with zero attached hydrogens (tertiary/aromatic N) is 3. The van der Waals surface area contributed by atoms with E-state index in [4.69, 9.17) is 0 Å². The van der Waals surface area contributed by atoms with E-state index < -0.39 is 17.8 Å². The van der Waals surface area contributed by atoms with E-state index in [1.165, 1.54) is 9.80 Å². The second-order valence-corrected chi connectivity index (χ2v) is 8.95. The molecular formula is C29H35N3O3. The molecule has 0 unspecified atom stereocenters. The number of imide groups is 2. The van der Waals surface area contributed by atoms with Crippen LogP contribution in [0.3, 0.4) is 0 Å². The number of anilines is 1. The number of hydrogen-bond donors (Lipinski definition) is 0. The van der Waals surface area contributed by atoms with E-state index >= 15 is 0 Å². The first-order valence-corrected chi connectivity index (χ1v) is 12.3. The summed E-state index contributed by atoms with van der Waals surface area (Å²) in [6.45, 7) is 4.65. The molecule has 1 fully saturated rings. The summed E-state index contributed by atoms with van der Waals surface area (Å²) in [5, 5.41) is 0. The number of hydrogen-bond acceptors (Lipinski definition) is 4. The third-order valence-electron chi connectivity index (χ3n) is 6.01. The molecule has 0 radical (unpaired) electrons. The molecule has 1 aliphatic rings. The molecule has 35 heavy (non-hydrogen) atoms. The van der Waals surface area contributed by atoms with Crippen LogP contribution in [0.25, 0.3) is 18.2 Å². The van der Waals surface area contributed by atoms with Crippen molar-refractivity contribution in [3.8, 4) is 0 Å². The Hall–Kier alpha value is -3.67. The van der Waals surface area contributed by atoms with Gasteiger partial charge in [-0.05, 0) is 47.7 Å².